The number of rotatable bonds is 1. The third kappa shape index (κ3) is 1.17. The first-order valence-corrected chi connectivity index (χ1v) is 4.75. The molecule has 2 unspecified atom stereocenters. The van der Waals surface area contributed by atoms with Gasteiger partial charge in [-0.15, -0.1) is 0 Å². The molecule has 1 saturated carbocycles. The Morgan fingerprint density at radius 3 is 2.83 bits per heavy atom. The Bertz CT molecular complexity index is 315. The van der Waals surface area contributed by atoms with Crippen molar-refractivity contribution in [1.29, 1.82) is 0 Å². The molecule has 1 fully saturated rings. The highest BCUT2D eigenvalue weighted by Gasteiger charge is 2.51. The predicted octanol–water partition coefficient (Wildman–Crippen LogP) is 2.07. The predicted molar refractivity (Wildman–Crippen MR) is 49.6 cm³/mol. The van der Waals surface area contributed by atoms with E-state index in [2.05, 4.69) is 20.9 Å². The van der Waals surface area contributed by atoms with E-state index in [0.29, 0.717) is 5.92 Å². The van der Waals surface area contributed by atoms with Crippen LogP contribution in [0.3, 0.4) is 0 Å². The Kier molecular flexibility index (Phi) is 1.73. The number of nitrogens with zero attached hydrogens (tertiary/aromatic N) is 1. The molecule has 1 aliphatic rings. The molecule has 64 valence electrons. The lowest BCUT2D eigenvalue weighted by Crippen LogP contribution is -2.07. The van der Waals surface area contributed by atoms with Gasteiger partial charge in [0.1, 0.15) is 0 Å². The van der Waals surface area contributed by atoms with Gasteiger partial charge in [-0.2, -0.15) is 0 Å². The maximum Gasteiger partial charge on any atom is 0.0942 e. The highest BCUT2D eigenvalue weighted by atomic mass is 79.9. The summed E-state index contributed by atoms with van der Waals surface area (Å²) < 4.78 is 0.924. The second kappa shape index (κ2) is 2.54. The Hall–Kier alpha value is -0.410. The van der Waals surface area contributed by atoms with Crippen molar-refractivity contribution in [1.82, 2.24) is 4.98 Å². The topological polar surface area (TPSA) is 33.1 Å². The lowest BCUT2D eigenvalue weighted by molar-refractivity contribution is 0.134. The average molecular weight is 228 g/mol. The van der Waals surface area contributed by atoms with Gasteiger partial charge in [-0.05, 0) is 34.3 Å². The van der Waals surface area contributed by atoms with Crippen molar-refractivity contribution in [2.75, 3.05) is 0 Å². The molecule has 1 aromatic rings. The first kappa shape index (κ1) is 8.20. The number of aromatic nitrogens is 1. The summed E-state index contributed by atoms with van der Waals surface area (Å²) in [6.45, 7) is 2.04. The van der Waals surface area contributed by atoms with Gasteiger partial charge in [-0.3, -0.25) is 4.98 Å². The normalized spacial score (nSPS) is 33.4. The largest absolute Gasteiger partial charge is 0.385 e. The molecule has 1 heterocycles. The van der Waals surface area contributed by atoms with Gasteiger partial charge in [0.25, 0.3) is 0 Å². The molecule has 0 amide bonds. The Labute approximate surface area is 79.8 Å². The van der Waals surface area contributed by atoms with E-state index in [1.807, 2.05) is 13.0 Å². The zero-order chi connectivity index (χ0) is 8.77. The van der Waals surface area contributed by atoms with Gasteiger partial charge in [-0.25, -0.2) is 0 Å². The third-order valence-corrected chi connectivity index (χ3v) is 2.91. The maximum atomic E-state index is 9.93. The first-order chi connectivity index (χ1) is 5.63. The van der Waals surface area contributed by atoms with Crippen LogP contribution in [0.5, 0.6) is 0 Å². The fourth-order valence-corrected chi connectivity index (χ4v) is 1.82. The second-order valence-corrected chi connectivity index (χ2v) is 4.34. The van der Waals surface area contributed by atoms with Gasteiger partial charge < -0.3 is 5.11 Å². The average Bonchev–Trinajstić information content (AvgIpc) is 2.61. The molecule has 1 aromatic heterocycles. The van der Waals surface area contributed by atoms with Crippen LogP contribution in [-0.4, -0.2) is 10.1 Å². The van der Waals surface area contributed by atoms with E-state index in [1.165, 1.54) is 0 Å². The van der Waals surface area contributed by atoms with Crippen LogP contribution in [0.2, 0.25) is 0 Å². The summed E-state index contributed by atoms with van der Waals surface area (Å²) in [4.78, 5) is 4.02. The van der Waals surface area contributed by atoms with Crippen LogP contribution < -0.4 is 0 Å². The summed E-state index contributed by atoms with van der Waals surface area (Å²) in [5.41, 5.74) is 0.320. The van der Waals surface area contributed by atoms with Crippen molar-refractivity contribution in [3.63, 3.8) is 0 Å². The van der Waals surface area contributed by atoms with E-state index in [-0.39, 0.29) is 0 Å². The quantitative estimate of drug-likeness (QED) is 0.798. The fraction of sp³-hybridized carbons (Fsp3) is 0.444. The van der Waals surface area contributed by atoms with Crippen molar-refractivity contribution >= 4 is 15.9 Å². The lowest BCUT2D eigenvalue weighted by Gasteiger charge is -2.08. The smallest absolute Gasteiger partial charge is 0.0942 e. The van der Waals surface area contributed by atoms with Crippen LogP contribution in [0, 0.1) is 5.92 Å². The number of hydrogen-bond acceptors (Lipinski definition) is 2. The number of aliphatic hydroxyl groups is 1. The molecule has 3 heteroatoms. The van der Waals surface area contributed by atoms with Gasteiger partial charge >= 0.3 is 0 Å². The summed E-state index contributed by atoms with van der Waals surface area (Å²) in [6, 6.07) is 1.93. The third-order valence-electron chi connectivity index (χ3n) is 2.48. The molecule has 0 aliphatic heterocycles. The minimum Gasteiger partial charge on any atom is -0.385 e. The van der Waals surface area contributed by atoms with Crippen LogP contribution in [0.4, 0.5) is 0 Å². The monoisotopic (exact) mass is 227 g/mol. The molecule has 0 aromatic carbocycles. The van der Waals surface area contributed by atoms with E-state index in [0.717, 1.165) is 16.5 Å². The summed E-state index contributed by atoms with van der Waals surface area (Å²) in [5, 5.41) is 9.93. The molecule has 2 rings (SSSR count). The Morgan fingerprint density at radius 2 is 2.33 bits per heavy atom. The van der Waals surface area contributed by atoms with Gasteiger partial charge in [0.15, 0.2) is 0 Å². The minimum atomic E-state index is -0.600. The molecule has 2 nitrogen and oxygen atoms in total. The van der Waals surface area contributed by atoms with Gasteiger partial charge in [-0.1, -0.05) is 6.92 Å². The van der Waals surface area contributed by atoms with Crippen LogP contribution in [-0.2, 0) is 5.60 Å². The van der Waals surface area contributed by atoms with E-state index in [1.54, 1.807) is 12.4 Å². The molecule has 0 saturated heterocycles. The molecular weight excluding hydrogens is 218 g/mol. The van der Waals surface area contributed by atoms with Crippen LogP contribution in [0.25, 0.3) is 0 Å². The number of hydrogen-bond donors (Lipinski definition) is 1. The summed E-state index contributed by atoms with van der Waals surface area (Å²) in [7, 11) is 0. The van der Waals surface area contributed by atoms with Crippen molar-refractivity contribution in [2.45, 2.75) is 18.9 Å². The lowest BCUT2D eigenvalue weighted by atomic mass is 10.1. The van der Waals surface area contributed by atoms with E-state index >= 15 is 0 Å². The molecule has 1 aliphatic carbocycles. The molecule has 0 spiro atoms. The van der Waals surface area contributed by atoms with Crippen molar-refractivity contribution < 1.29 is 5.11 Å². The van der Waals surface area contributed by atoms with E-state index < -0.39 is 5.60 Å². The zero-order valence-corrected chi connectivity index (χ0v) is 8.37. The highest BCUT2D eigenvalue weighted by molar-refractivity contribution is 9.10. The first-order valence-electron chi connectivity index (χ1n) is 3.96. The van der Waals surface area contributed by atoms with Crippen LogP contribution in [0.1, 0.15) is 18.9 Å². The van der Waals surface area contributed by atoms with Gasteiger partial charge in [0, 0.05) is 22.4 Å². The van der Waals surface area contributed by atoms with Crippen LogP contribution in [0.15, 0.2) is 22.9 Å². The summed E-state index contributed by atoms with van der Waals surface area (Å²) in [5.74, 6) is 0.369. The minimum absolute atomic E-state index is 0.369. The number of pyridine rings is 1. The summed E-state index contributed by atoms with van der Waals surface area (Å²) >= 11 is 3.33. The van der Waals surface area contributed by atoms with Crippen molar-refractivity contribution in [3.8, 4) is 0 Å². The summed E-state index contributed by atoms with van der Waals surface area (Å²) in [6.07, 6.45) is 4.30. The molecule has 12 heavy (non-hydrogen) atoms. The molecule has 0 radical (unpaired) electrons. The van der Waals surface area contributed by atoms with Gasteiger partial charge in [0.05, 0.1) is 5.60 Å². The van der Waals surface area contributed by atoms with Gasteiger partial charge in [0.2, 0.25) is 0 Å². The number of halogens is 1. The van der Waals surface area contributed by atoms with E-state index in [4.69, 9.17) is 0 Å². The molecule has 0 bridgehead atoms. The molecule has 1 N–H and O–H groups in total. The Balaban J connectivity index is 2.36. The molecule has 2 atom stereocenters. The van der Waals surface area contributed by atoms with Crippen LogP contribution >= 0.6 is 15.9 Å². The highest BCUT2D eigenvalue weighted by Crippen LogP contribution is 2.51. The SMILES string of the molecule is CC1CC1(O)c1cncc(Br)c1. The van der Waals surface area contributed by atoms with Crippen molar-refractivity contribution in [2.24, 2.45) is 5.92 Å². The standard InChI is InChI=1S/C9H10BrNO/c1-6-3-9(6,12)7-2-8(10)5-11-4-7/h2,4-6,12H,3H2,1H3. The van der Waals surface area contributed by atoms with E-state index in [9.17, 15) is 5.11 Å². The Morgan fingerprint density at radius 1 is 1.67 bits per heavy atom. The second-order valence-electron chi connectivity index (χ2n) is 3.42. The maximum absolute atomic E-state index is 9.93. The zero-order valence-electron chi connectivity index (χ0n) is 6.79. The fourth-order valence-electron chi connectivity index (χ4n) is 1.46. The van der Waals surface area contributed by atoms with Crippen molar-refractivity contribution in [3.05, 3.63) is 28.5 Å². The molecular formula is C9H10BrNO.